The van der Waals surface area contributed by atoms with Gasteiger partial charge >= 0.3 is 5.97 Å². The number of amides is 1. The summed E-state index contributed by atoms with van der Waals surface area (Å²) in [4.78, 5) is 23.3. The molecule has 0 aromatic carbocycles. The van der Waals surface area contributed by atoms with Crippen molar-refractivity contribution in [2.24, 2.45) is 0 Å². The Hall–Kier alpha value is -1.14. The number of carboxylic acid groups (broad SMARTS) is 1. The average molecular weight is 219 g/mol. The average Bonchev–Trinajstić information content (AvgIpc) is 2.21. The van der Waals surface area contributed by atoms with Gasteiger partial charge in [-0.05, 0) is 6.92 Å². The first-order valence-electron chi connectivity index (χ1n) is 4.55. The maximum Gasteiger partial charge on any atom is 0.323 e. The Bertz CT molecular complexity index is 219. The van der Waals surface area contributed by atoms with E-state index in [2.05, 4.69) is 0 Å². The van der Waals surface area contributed by atoms with Crippen molar-refractivity contribution < 1.29 is 24.2 Å². The Kier molecular flexibility index (Phi) is 6.64. The fourth-order valence-corrected chi connectivity index (χ4v) is 0.990. The van der Waals surface area contributed by atoms with Crippen LogP contribution in [0.15, 0.2) is 0 Å². The van der Waals surface area contributed by atoms with E-state index in [9.17, 15) is 9.59 Å². The van der Waals surface area contributed by atoms with Crippen molar-refractivity contribution >= 4 is 11.9 Å². The van der Waals surface area contributed by atoms with Crippen LogP contribution in [-0.4, -0.2) is 61.9 Å². The summed E-state index contributed by atoms with van der Waals surface area (Å²) >= 11 is 0. The van der Waals surface area contributed by atoms with E-state index in [1.807, 2.05) is 0 Å². The number of hydrogen-bond donors (Lipinski definition) is 1. The van der Waals surface area contributed by atoms with Gasteiger partial charge in [0.25, 0.3) is 5.91 Å². The number of carbonyl (C=O) groups excluding carboxylic acids is 1. The molecule has 0 aliphatic heterocycles. The molecule has 6 nitrogen and oxygen atoms in total. The Balaban J connectivity index is 4.32. The van der Waals surface area contributed by atoms with E-state index in [4.69, 9.17) is 14.6 Å². The van der Waals surface area contributed by atoms with Crippen LogP contribution >= 0.6 is 0 Å². The SMILES string of the molecule is COCCN(CC(=O)O)C(=O)C(C)OC. The monoisotopic (exact) mass is 219 g/mol. The fraction of sp³-hybridized carbons (Fsp3) is 0.778. The lowest BCUT2D eigenvalue weighted by molar-refractivity contribution is -0.149. The Morgan fingerprint density at radius 2 is 2.00 bits per heavy atom. The van der Waals surface area contributed by atoms with E-state index in [1.54, 1.807) is 6.92 Å². The van der Waals surface area contributed by atoms with Crippen molar-refractivity contribution in [3.05, 3.63) is 0 Å². The van der Waals surface area contributed by atoms with E-state index >= 15 is 0 Å². The van der Waals surface area contributed by atoms with Crippen LogP contribution in [0.2, 0.25) is 0 Å². The summed E-state index contributed by atoms with van der Waals surface area (Å²) in [5.74, 6) is -1.40. The van der Waals surface area contributed by atoms with Crippen LogP contribution in [0.5, 0.6) is 0 Å². The molecule has 1 unspecified atom stereocenters. The summed E-state index contributed by atoms with van der Waals surface area (Å²) in [5, 5.41) is 8.61. The van der Waals surface area contributed by atoms with Gasteiger partial charge in [0.2, 0.25) is 0 Å². The van der Waals surface area contributed by atoms with Gasteiger partial charge in [-0.2, -0.15) is 0 Å². The molecule has 0 aliphatic rings. The first-order valence-corrected chi connectivity index (χ1v) is 4.55. The van der Waals surface area contributed by atoms with E-state index in [0.29, 0.717) is 6.61 Å². The molecule has 0 aromatic heterocycles. The molecule has 88 valence electrons. The summed E-state index contributed by atoms with van der Waals surface area (Å²) in [6, 6.07) is 0. The molecule has 0 radical (unpaired) electrons. The molecule has 0 rings (SSSR count). The van der Waals surface area contributed by atoms with Gasteiger partial charge in [-0.1, -0.05) is 0 Å². The van der Waals surface area contributed by atoms with Crippen LogP contribution in [0.25, 0.3) is 0 Å². The van der Waals surface area contributed by atoms with Crippen LogP contribution in [0.3, 0.4) is 0 Å². The number of nitrogens with zero attached hydrogens (tertiary/aromatic N) is 1. The van der Waals surface area contributed by atoms with Crippen molar-refractivity contribution in [1.29, 1.82) is 0 Å². The van der Waals surface area contributed by atoms with E-state index in [1.165, 1.54) is 19.1 Å². The standard InChI is InChI=1S/C9H17NO5/c1-7(15-3)9(13)10(4-5-14-2)6-8(11)12/h7H,4-6H2,1-3H3,(H,11,12). The third-order valence-corrected chi connectivity index (χ3v) is 1.90. The van der Waals surface area contributed by atoms with Gasteiger partial charge in [-0.25, -0.2) is 0 Å². The minimum Gasteiger partial charge on any atom is -0.480 e. The zero-order valence-electron chi connectivity index (χ0n) is 9.23. The molecule has 0 saturated carbocycles. The summed E-state index contributed by atoms with van der Waals surface area (Å²) < 4.78 is 9.62. The molecule has 1 atom stereocenters. The van der Waals surface area contributed by atoms with Crippen LogP contribution in [0, 0.1) is 0 Å². The van der Waals surface area contributed by atoms with Crippen LogP contribution in [-0.2, 0) is 19.1 Å². The number of hydrogen-bond acceptors (Lipinski definition) is 4. The lowest BCUT2D eigenvalue weighted by Crippen LogP contribution is -2.43. The van der Waals surface area contributed by atoms with Crippen molar-refractivity contribution in [3.63, 3.8) is 0 Å². The molecular weight excluding hydrogens is 202 g/mol. The molecule has 0 heterocycles. The van der Waals surface area contributed by atoms with Crippen LogP contribution in [0.1, 0.15) is 6.92 Å². The van der Waals surface area contributed by atoms with Crippen molar-refractivity contribution in [1.82, 2.24) is 4.90 Å². The highest BCUT2D eigenvalue weighted by atomic mass is 16.5. The minimum atomic E-state index is -1.05. The van der Waals surface area contributed by atoms with Crippen molar-refractivity contribution in [2.75, 3.05) is 33.9 Å². The van der Waals surface area contributed by atoms with Gasteiger partial charge in [-0.3, -0.25) is 9.59 Å². The second kappa shape index (κ2) is 7.19. The third-order valence-electron chi connectivity index (χ3n) is 1.90. The van der Waals surface area contributed by atoms with Gasteiger partial charge in [-0.15, -0.1) is 0 Å². The largest absolute Gasteiger partial charge is 0.480 e. The fourth-order valence-electron chi connectivity index (χ4n) is 0.990. The smallest absolute Gasteiger partial charge is 0.323 e. The van der Waals surface area contributed by atoms with Gasteiger partial charge in [0.15, 0.2) is 0 Å². The third kappa shape index (κ3) is 5.34. The van der Waals surface area contributed by atoms with Crippen LogP contribution in [0.4, 0.5) is 0 Å². The molecule has 0 aliphatic carbocycles. The second-order valence-electron chi connectivity index (χ2n) is 3.02. The topological polar surface area (TPSA) is 76.1 Å². The van der Waals surface area contributed by atoms with Gasteiger partial charge in [0.1, 0.15) is 12.6 Å². The number of rotatable bonds is 7. The first-order chi connectivity index (χ1) is 7.02. The summed E-state index contributed by atoms with van der Waals surface area (Å²) in [7, 11) is 2.89. The van der Waals surface area contributed by atoms with Gasteiger partial charge in [0.05, 0.1) is 6.61 Å². The Morgan fingerprint density at radius 3 is 2.40 bits per heavy atom. The maximum atomic E-state index is 11.6. The summed E-state index contributed by atoms with van der Waals surface area (Å²) in [6.45, 7) is 1.78. The number of methoxy groups -OCH3 is 2. The zero-order chi connectivity index (χ0) is 11.8. The zero-order valence-corrected chi connectivity index (χ0v) is 9.23. The summed E-state index contributed by atoms with van der Waals surface area (Å²) in [6.07, 6.45) is -0.638. The molecule has 1 N–H and O–H groups in total. The normalized spacial score (nSPS) is 12.2. The molecule has 0 spiro atoms. The molecular formula is C9H17NO5. The highest BCUT2D eigenvalue weighted by Gasteiger charge is 2.21. The number of aliphatic carboxylic acids is 1. The van der Waals surface area contributed by atoms with E-state index in [-0.39, 0.29) is 19.0 Å². The highest BCUT2D eigenvalue weighted by Crippen LogP contribution is 1.98. The molecule has 15 heavy (non-hydrogen) atoms. The van der Waals surface area contributed by atoms with E-state index < -0.39 is 12.1 Å². The van der Waals surface area contributed by atoms with E-state index in [0.717, 1.165) is 0 Å². The molecule has 1 amide bonds. The van der Waals surface area contributed by atoms with Crippen LogP contribution < -0.4 is 0 Å². The Morgan fingerprint density at radius 1 is 1.40 bits per heavy atom. The second-order valence-corrected chi connectivity index (χ2v) is 3.02. The lowest BCUT2D eigenvalue weighted by atomic mass is 10.3. The molecule has 6 heteroatoms. The molecule has 0 aromatic rings. The van der Waals surface area contributed by atoms with Crippen molar-refractivity contribution in [2.45, 2.75) is 13.0 Å². The Labute approximate surface area is 88.8 Å². The highest BCUT2D eigenvalue weighted by molar-refractivity contribution is 5.84. The minimum absolute atomic E-state index is 0.245. The number of carboxylic acids is 1. The number of carbonyl (C=O) groups is 2. The van der Waals surface area contributed by atoms with Gasteiger partial charge < -0.3 is 19.5 Å². The first kappa shape index (κ1) is 13.9. The van der Waals surface area contributed by atoms with Crippen molar-refractivity contribution in [3.8, 4) is 0 Å². The molecule has 0 fully saturated rings. The van der Waals surface area contributed by atoms with Gasteiger partial charge in [0, 0.05) is 20.8 Å². The predicted molar refractivity (Wildman–Crippen MR) is 52.6 cm³/mol. The predicted octanol–water partition coefficient (Wildman–Crippen LogP) is -0.419. The maximum absolute atomic E-state index is 11.6. The lowest BCUT2D eigenvalue weighted by Gasteiger charge is -2.23. The quantitative estimate of drug-likeness (QED) is 0.629. The number of ether oxygens (including phenoxy) is 2. The molecule has 0 bridgehead atoms. The summed E-state index contributed by atoms with van der Waals surface area (Å²) in [5.41, 5.74) is 0. The molecule has 0 saturated heterocycles.